The van der Waals surface area contributed by atoms with Crippen LogP contribution in [0.5, 0.6) is 11.5 Å². The minimum atomic E-state index is -0.174. The summed E-state index contributed by atoms with van der Waals surface area (Å²) in [5, 5.41) is 2.70. The van der Waals surface area contributed by atoms with Crippen molar-refractivity contribution in [3.05, 3.63) is 23.8 Å². The van der Waals surface area contributed by atoms with Gasteiger partial charge in [-0.3, -0.25) is 9.59 Å². The standard InChI is InChI=1S/C17H24N2O4/c1-12(2)6-9-23-14-5-4-13(10-15(14)22-3)17(21)19-8-7-18-16(20)11-19/h4-5,10,12H,6-9,11H2,1-3H3,(H,18,20). The Morgan fingerprint density at radius 1 is 1.35 bits per heavy atom. The zero-order valence-corrected chi connectivity index (χ0v) is 13.9. The number of nitrogens with zero attached hydrogens (tertiary/aromatic N) is 1. The third-order valence-electron chi connectivity index (χ3n) is 3.69. The van der Waals surface area contributed by atoms with Gasteiger partial charge < -0.3 is 19.7 Å². The SMILES string of the molecule is COc1cc(C(=O)N2CCNC(=O)C2)ccc1OCCC(C)C. The summed E-state index contributed by atoms with van der Waals surface area (Å²) in [7, 11) is 1.55. The van der Waals surface area contributed by atoms with Gasteiger partial charge in [0.25, 0.3) is 5.91 Å². The first-order valence-corrected chi connectivity index (χ1v) is 7.88. The molecule has 0 saturated carbocycles. The van der Waals surface area contributed by atoms with Crippen LogP contribution in [0.2, 0.25) is 0 Å². The van der Waals surface area contributed by atoms with Gasteiger partial charge in [-0.25, -0.2) is 0 Å². The molecule has 2 rings (SSSR count). The molecule has 0 bridgehead atoms. The molecule has 1 saturated heterocycles. The van der Waals surface area contributed by atoms with Crippen LogP contribution in [0.3, 0.4) is 0 Å². The van der Waals surface area contributed by atoms with E-state index < -0.39 is 0 Å². The summed E-state index contributed by atoms with van der Waals surface area (Å²) < 4.78 is 11.0. The molecule has 0 radical (unpaired) electrons. The molecular formula is C17H24N2O4. The average molecular weight is 320 g/mol. The third-order valence-corrected chi connectivity index (χ3v) is 3.69. The number of ether oxygens (including phenoxy) is 2. The lowest BCUT2D eigenvalue weighted by Gasteiger charge is -2.26. The summed E-state index contributed by atoms with van der Waals surface area (Å²) in [5.41, 5.74) is 0.493. The van der Waals surface area contributed by atoms with Crippen LogP contribution >= 0.6 is 0 Å². The number of carbonyl (C=O) groups excluding carboxylic acids is 2. The van der Waals surface area contributed by atoms with E-state index in [9.17, 15) is 9.59 Å². The van der Waals surface area contributed by atoms with E-state index in [1.54, 1.807) is 25.3 Å². The molecule has 1 aromatic rings. The fourth-order valence-corrected chi connectivity index (χ4v) is 2.32. The predicted molar refractivity (Wildman–Crippen MR) is 86.9 cm³/mol. The van der Waals surface area contributed by atoms with Crippen molar-refractivity contribution in [2.24, 2.45) is 5.92 Å². The number of hydrogen-bond acceptors (Lipinski definition) is 4. The van der Waals surface area contributed by atoms with Crippen molar-refractivity contribution in [3.63, 3.8) is 0 Å². The van der Waals surface area contributed by atoms with Crippen LogP contribution < -0.4 is 14.8 Å². The lowest BCUT2D eigenvalue weighted by atomic mass is 10.1. The van der Waals surface area contributed by atoms with Crippen molar-refractivity contribution >= 4 is 11.8 Å². The van der Waals surface area contributed by atoms with Crippen LogP contribution in [0.4, 0.5) is 0 Å². The zero-order valence-electron chi connectivity index (χ0n) is 13.9. The molecule has 1 heterocycles. The summed E-state index contributed by atoms with van der Waals surface area (Å²) >= 11 is 0. The smallest absolute Gasteiger partial charge is 0.254 e. The molecule has 1 fully saturated rings. The van der Waals surface area contributed by atoms with Crippen molar-refractivity contribution in [3.8, 4) is 11.5 Å². The zero-order chi connectivity index (χ0) is 16.8. The number of benzene rings is 1. The number of hydrogen-bond donors (Lipinski definition) is 1. The maximum absolute atomic E-state index is 12.5. The van der Waals surface area contributed by atoms with Gasteiger partial charge in [-0.15, -0.1) is 0 Å². The molecule has 126 valence electrons. The van der Waals surface area contributed by atoms with E-state index in [0.717, 1.165) is 6.42 Å². The highest BCUT2D eigenvalue weighted by atomic mass is 16.5. The second-order valence-corrected chi connectivity index (χ2v) is 5.97. The van der Waals surface area contributed by atoms with Crippen molar-refractivity contribution in [2.75, 3.05) is 33.4 Å². The molecule has 23 heavy (non-hydrogen) atoms. The minimum Gasteiger partial charge on any atom is -0.493 e. The summed E-state index contributed by atoms with van der Waals surface area (Å²) in [6.07, 6.45) is 0.951. The van der Waals surface area contributed by atoms with Gasteiger partial charge in [-0.05, 0) is 30.5 Å². The van der Waals surface area contributed by atoms with Crippen molar-refractivity contribution in [1.82, 2.24) is 10.2 Å². The molecule has 0 aliphatic carbocycles. The second-order valence-electron chi connectivity index (χ2n) is 5.97. The Morgan fingerprint density at radius 2 is 2.13 bits per heavy atom. The number of amides is 2. The Morgan fingerprint density at radius 3 is 2.78 bits per heavy atom. The number of rotatable bonds is 6. The third kappa shape index (κ3) is 4.61. The fourth-order valence-electron chi connectivity index (χ4n) is 2.32. The molecule has 1 N–H and O–H groups in total. The van der Waals surface area contributed by atoms with E-state index in [0.29, 0.717) is 42.7 Å². The van der Waals surface area contributed by atoms with Gasteiger partial charge in [0.2, 0.25) is 5.91 Å². The van der Waals surface area contributed by atoms with E-state index in [1.165, 1.54) is 4.90 Å². The van der Waals surface area contributed by atoms with E-state index in [1.807, 2.05) is 0 Å². The van der Waals surface area contributed by atoms with Gasteiger partial charge in [-0.1, -0.05) is 13.8 Å². The molecule has 6 heteroatoms. The normalized spacial score (nSPS) is 14.6. The Labute approximate surface area is 136 Å². The van der Waals surface area contributed by atoms with Gasteiger partial charge in [0.05, 0.1) is 20.3 Å². The first-order valence-electron chi connectivity index (χ1n) is 7.88. The summed E-state index contributed by atoms with van der Waals surface area (Å²) in [6.45, 7) is 5.97. The van der Waals surface area contributed by atoms with Crippen LogP contribution in [0, 0.1) is 5.92 Å². The van der Waals surface area contributed by atoms with E-state index in [-0.39, 0.29) is 18.4 Å². The number of piperazine rings is 1. The van der Waals surface area contributed by atoms with Crippen LogP contribution in [-0.2, 0) is 4.79 Å². The molecule has 0 atom stereocenters. The summed E-state index contributed by atoms with van der Waals surface area (Å²) in [6, 6.07) is 5.12. The lowest BCUT2D eigenvalue weighted by molar-refractivity contribution is -0.123. The monoisotopic (exact) mass is 320 g/mol. The Kier molecular flexibility index (Phi) is 5.84. The maximum atomic E-state index is 12.5. The molecule has 2 amide bonds. The van der Waals surface area contributed by atoms with Crippen LogP contribution in [0.1, 0.15) is 30.6 Å². The second kappa shape index (κ2) is 7.85. The molecular weight excluding hydrogens is 296 g/mol. The predicted octanol–water partition coefficient (Wildman–Crippen LogP) is 1.69. The van der Waals surface area contributed by atoms with Gasteiger partial charge in [0, 0.05) is 18.7 Å². The Bertz CT molecular complexity index is 572. The van der Waals surface area contributed by atoms with E-state index in [4.69, 9.17) is 9.47 Å². The topological polar surface area (TPSA) is 67.9 Å². The Balaban J connectivity index is 2.08. The molecule has 0 unspecified atom stereocenters. The summed E-state index contributed by atoms with van der Waals surface area (Å²) in [5.74, 6) is 1.41. The first-order chi connectivity index (χ1) is 11.0. The summed E-state index contributed by atoms with van der Waals surface area (Å²) in [4.78, 5) is 25.4. The average Bonchev–Trinajstić information content (AvgIpc) is 2.54. The largest absolute Gasteiger partial charge is 0.493 e. The number of nitrogens with one attached hydrogen (secondary N) is 1. The highest BCUT2D eigenvalue weighted by molar-refractivity contribution is 5.97. The quantitative estimate of drug-likeness (QED) is 0.866. The molecule has 1 aliphatic rings. The minimum absolute atomic E-state index is 0.0911. The molecule has 1 aliphatic heterocycles. The van der Waals surface area contributed by atoms with Crippen molar-refractivity contribution in [2.45, 2.75) is 20.3 Å². The van der Waals surface area contributed by atoms with Crippen LogP contribution in [0.15, 0.2) is 18.2 Å². The van der Waals surface area contributed by atoms with Crippen LogP contribution in [0.25, 0.3) is 0 Å². The van der Waals surface area contributed by atoms with Gasteiger partial charge >= 0.3 is 0 Å². The van der Waals surface area contributed by atoms with Gasteiger partial charge in [-0.2, -0.15) is 0 Å². The highest BCUT2D eigenvalue weighted by Crippen LogP contribution is 2.29. The highest BCUT2D eigenvalue weighted by Gasteiger charge is 2.23. The fraction of sp³-hybridized carbons (Fsp3) is 0.529. The molecule has 1 aromatic carbocycles. The molecule has 0 spiro atoms. The van der Waals surface area contributed by atoms with E-state index in [2.05, 4.69) is 19.2 Å². The van der Waals surface area contributed by atoms with Crippen molar-refractivity contribution in [1.29, 1.82) is 0 Å². The first kappa shape index (κ1) is 17.1. The van der Waals surface area contributed by atoms with Gasteiger partial charge in [0.15, 0.2) is 11.5 Å². The maximum Gasteiger partial charge on any atom is 0.254 e. The van der Waals surface area contributed by atoms with E-state index >= 15 is 0 Å². The molecule has 6 nitrogen and oxygen atoms in total. The molecule has 0 aromatic heterocycles. The Hall–Kier alpha value is -2.24. The van der Waals surface area contributed by atoms with Crippen LogP contribution in [-0.4, -0.2) is 50.1 Å². The lowest BCUT2D eigenvalue weighted by Crippen LogP contribution is -2.49. The number of carbonyl (C=O) groups is 2. The number of methoxy groups -OCH3 is 1. The van der Waals surface area contributed by atoms with Gasteiger partial charge in [0.1, 0.15) is 0 Å². The van der Waals surface area contributed by atoms with Crippen molar-refractivity contribution < 1.29 is 19.1 Å².